The van der Waals surface area contributed by atoms with E-state index in [9.17, 15) is 23.1 Å². The first kappa shape index (κ1) is 29.5. The summed E-state index contributed by atoms with van der Waals surface area (Å²) in [5.74, 6) is -2.56. The summed E-state index contributed by atoms with van der Waals surface area (Å²) in [4.78, 5) is 16.0. The number of carbonyl (C=O) groups excluding carboxylic acids is 1. The van der Waals surface area contributed by atoms with Crippen LogP contribution in [0.4, 0.5) is 13.2 Å². The van der Waals surface area contributed by atoms with Crippen LogP contribution in [0, 0.1) is 11.8 Å². The number of fused-ring (bicyclic) bond motifs is 2. The van der Waals surface area contributed by atoms with Crippen LogP contribution in [0.15, 0.2) is 27.1 Å². The molecule has 2 aromatic heterocycles. The highest BCUT2D eigenvalue weighted by Crippen LogP contribution is 2.56. The summed E-state index contributed by atoms with van der Waals surface area (Å²) in [6.45, 7) is 1.75. The molecule has 3 saturated carbocycles. The van der Waals surface area contributed by atoms with Crippen LogP contribution in [0.5, 0.6) is 0 Å². The van der Waals surface area contributed by atoms with Crippen LogP contribution in [0.1, 0.15) is 80.0 Å². The molecule has 0 aliphatic heterocycles. The number of rotatable bonds is 9. The fourth-order valence-electron chi connectivity index (χ4n) is 6.45. The number of hydrogen-bond donors (Lipinski definition) is 1. The molecule has 0 saturated heterocycles. The van der Waals surface area contributed by atoms with Crippen LogP contribution >= 0.6 is 23.2 Å². The molecule has 8 nitrogen and oxygen atoms in total. The van der Waals surface area contributed by atoms with Crippen LogP contribution in [0.2, 0.25) is 10.0 Å². The summed E-state index contributed by atoms with van der Waals surface area (Å²) < 4.78 is 63.4. The van der Waals surface area contributed by atoms with Gasteiger partial charge in [0.2, 0.25) is 11.7 Å². The Morgan fingerprint density at radius 1 is 1.14 bits per heavy atom. The number of hydrogen-bond acceptors (Lipinski definition) is 8. The summed E-state index contributed by atoms with van der Waals surface area (Å²) in [6.07, 6.45) is -2.01. The number of benzene rings is 1. The zero-order valence-corrected chi connectivity index (χ0v) is 24.2. The Kier molecular flexibility index (Phi) is 7.83. The molecule has 1 N–H and O–H groups in total. The molecule has 3 aromatic rings. The average molecular weight is 629 g/mol. The lowest BCUT2D eigenvalue weighted by Crippen LogP contribution is -2.44. The van der Waals surface area contributed by atoms with Crippen molar-refractivity contribution in [2.45, 2.75) is 82.3 Å². The number of ether oxygens (including phenoxy) is 2. The average Bonchev–Trinajstić information content (AvgIpc) is 3.51. The Balaban J connectivity index is 1.22. The van der Waals surface area contributed by atoms with Gasteiger partial charge in [0.25, 0.3) is 0 Å². The first-order valence-electron chi connectivity index (χ1n) is 14.0. The summed E-state index contributed by atoms with van der Waals surface area (Å²) in [5.41, 5.74) is -0.438. The van der Waals surface area contributed by atoms with Crippen LogP contribution in [0.3, 0.4) is 0 Å². The monoisotopic (exact) mass is 628 g/mol. The van der Waals surface area contributed by atoms with Crippen molar-refractivity contribution in [1.82, 2.24) is 10.1 Å². The summed E-state index contributed by atoms with van der Waals surface area (Å²) >= 11 is 12.9. The number of aromatic nitrogens is 2. The molecule has 13 heteroatoms. The molecule has 0 amide bonds. The minimum atomic E-state index is -4.89. The zero-order valence-electron chi connectivity index (χ0n) is 22.7. The van der Waals surface area contributed by atoms with Gasteiger partial charge in [-0.2, -0.15) is 13.2 Å². The van der Waals surface area contributed by atoms with Crippen molar-refractivity contribution in [3.05, 3.63) is 56.9 Å². The largest absolute Gasteiger partial charge is 0.466 e. The maximum Gasteiger partial charge on any atom is 0.451 e. The van der Waals surface area contributed by atoms with Crippen LogP contribution < -0.4 is 0 Å². The third-order valence-electron chi connectivity index (χ3n) is 8.55. The molecule has 4 atom stereocenters. The van der Waals surface area contributed by atoms with E-state index in [0.717, 1.165) is 24.2 Å². The van der Waals surface area contributed by atoms with Crippen molar-refractivity contribution in [3.8, 4) is 11.3 Å². The highest BCUT2D eigenvalue weighted by Gasteiger charge is 2.58. The maximum absolute atomic E-state index is 13.8. The quantitative estimate of drug-likeness (QED) is 0.247. The van der Waals surface area contributed by atoms with Gasteiger partial charge in [0.15, 0.2) is 0 Å². The van der Waals surface area contributed by atoms with E-state index in [1.165, 1.54) is 0 Å². The molecule has 0 spiro atoms. The highest BCUT2D eigenvalue weighted by molar-refractivity contribution is 6.39. The van der Waals surface area contributed by atoms with E-state index >= 15 is 0 Å². The van der Waals surface area contributed by atoms with E-state index < -0.39 is 53.3 Å². The van der Waals surface area contributed by atoms with E-state index in [0.29, 0.717) is 47.0 Å². The second-order valence-electron chi connectivity index (χ2n) is 11.2. The summed E-state index contributed by atoms with van der Waals surface area (Å²) in [6, 6.07) is 5.20. The van der Waals surface area contributed by atoms with Gasteiger partial charge in [-0.25, -0.2) is 4.98 Å². The van der Waals surface area contributed by atoms with Gasteiger partial charge >= 0.3 is 12.1 Å². The Hall–Kier alpha value is -2.60. The maximum atomic E-state index is 13.8. The first-order chi connectivity index (χ1) is 20.0. The number of nitrogens with zero attached hydrogens (tertiary/aromatic N) is 2. The van der Waals surface area contributed by atoms with E-state index in [1.54, 1.807) is 25.1 Å². The lowest BCUT2D eigenvalue weighted by molar-refractivity contribution is -0.161. The van der Waals surface area contributed by atoms with Gasteiger partial charge in [0, 0.05) is 17.0 Å². The fourth-order valence-corrected chi connectivity index (χ4v) is 7.03. The number of alkyl halides is 3. The van der Waals surface area contributed by atoms with Gasteiger partial charge in [0.1, 0.15) is 22.7 Å². The van der Waals surface area contributed by atoms with E-state index in [-0.39, 0.29) is 25.2 Å². The molecule has 42 heavy (non-hydrogen) atoms. The molecular formula is C29H29Cl2F3N2O6. The number of halogens is 5. The van der Waals surface area contributed by atoms with Crippen molar-refractivity contribution in [1.29, 1.82) is 0 Å². The van der Waals surface area contributed by atoms with Gasteiger partial charge < -0.3 is 23.5 Å². The number of aliphatic hydroxyl groups is 1. The minimum Gasteiger partial charge on any atom is -0.466 e. The van der Waals surface area contributed by atoms with Crippen LogP contribution in [-0.2, 0) is 39.1 Å². The molecular weight excluding hydrogens is 600 g/mol. The number of oxazole rings is 1. The van der Waals surface area contributed by atoms with Crippen molar-refractivity contribution < 1.29 is 41.5 Å². The molecule has 3 fully saturated rings. The third-order valence-corrected chi connectivity index (χ3v) is 9.18. The van der Waals surface area contributed by atoms with Crippen molar-refractivity contribution in [3.63, 3.8) is 0 Å². The molecule has 3 aliphatic rings. The van der Waals surface area contributed by atoms with Crippen molar-refractivity contribution in [2.24, 2.45) is 11.8 Å². The summed E-state index contributed by atoms with van der Waals surface area (Å²) in [5, 5.41) is 16.9. The predicted molar refractivity (Wildman–Crippen MR) is 144 cm³/mol. The lowest BCUT2D eigenvalue weighted by atomic mass is 9.73. The normalized spacial score (nSPS) is 25.6. The Labute approximate surface area is 249 Å². The SMILES string of the molecule is CCOC(=O)Cc1nc([C@]2(O)[C@@H]3CC[C@H]2C[C@H](OCc2c(-c4c(Cl)cccc4Cl)noc2C2CC2)C3)oc1C(F)(F)F. The van der Waals surface area contributed by atoms with Gasteiger partial charge in [-0.05, 0) is 69.4 Å². The summed E-state index contributed by atoms with van der Waals surface area (Å²) in [7, 11) is 0. The molecule has 2 heterocycles. The predicted octanol–water partition coefficient (Wildman–Crippen LogP) is 7.23. The zero-order chi connectivity index (χ0) is 29.8. The van der Waals surface area contributed by atoms with Crippen LogP contribution in [-0.4, -0.2) is 33.9 Å². The van der Waals surface area contributed by atoms with E-state index in [2.05, 4.69) is 10.1 Å². The number of esters is 1. The second kappa shape index (κ2) is 11.2. The first-order valence-corrected chi connectivity index (χ1v) is 14.8. The van der Waals surface area contributed by atoms with Gasteiger partial charge in [-0.15, -0.1) is 0 Å². The standard InChI is InChI=1S/C29H29Cl2F3N2O6/c1-2-39-22(37)12-21-26(29(32,33)34)41-27(35-21)28(38)15-8-9-16(28)11-17(10-15)40-13-18-24(36-42-25(18)14-6-7-14)23-19(30)4-3-5-20(23)31/h3-5,14-17,38H,2,6-13H2,1H3/t15-,16+,17-,28+. The van der Waals surface area contributed by atoms with Crippen molar-refractivity contribution in [2.75, 3.05) is 6.61 Å². The van der Waals surface area contributed by atoms with Gasteiger partial charge in [-0.3, -0.25) is 4.79 Å². The topological polar surface area (TPSA) is 108 Å². The van der Waals surface area contributed by atoms with Gasteiger partial charge in [0.05, 0.1) is 35.8 Å². The molecule has 2 bridgehead atoms. The van der Waals surface area contributed by atoms with E-state index in [1.807, 2.05) is 0 Å². The highest BCUT2D eigenvalue weighted by atomic mass is 35.5. The lowest BCUT2D eigenvalue weighted by Gasteiger charge is -2.40. The Morgan fingerprint density at radius 3 is 2.40 bits per heavy atom. The van der Waals surface area contributed by atoms with E-state index in [4.69, 9.17) is 41.6 Å². The molecule has 1 aromatic carbocycles. The van der Waals surface area contributed by atoms with Gasteiger partial charge in [-0.1, -0.05) is 34.4 Å². The molecule has 6 rings (SSSR count). The molecule has 0 unspecified atom stereocenters. The fraction of sp³-hybridized carbons (Fsp3) is 0.552. The third kappa shape index (κ3) is 5.33. The Bertz CT molecular complexity index is 1450. The second-order valence-corrected chi connectivity index (χ2v) is 12.0. The molecule has 0 radical (unpaired) electrons. The minimum absolute atomic E-state index is 0.0182. The number of carbonyl (C=O) groups is 1. The Morgan fingerprint density at radius 2 is 1.81 bits per heavy atom. The smallest absolute Gasteiger partial charge is 0.451 e. The van der Waals surface area contributed by atoms with Crippen LogP contribution in [0.25, 0.3) is 11.3 Å². The van der Waals surface area contributed by atoms with Crippen molar-refractivity contribution >= 4 is 29.2 Å². The molecule has 3 aliphatic carbocycles. The molecule has 226 valence electrons.